The van der Waals surface area contributed by atoms with Crippen LogP contribution in [0.1, 0.15) is 40.6 Å². The van der Waals surface area contributed by atoms with Crippen molar-refractivity contribution in [3.63, 3.8) is 0 Å². The SMILES string of the molecule is Clc1ccc(COc2ccc(C=Nc3ccc([C@@H]4Nc5ccccc5[C@@H]5C=CC[C@H]54)cc3)cc2)c(Cl)c1. The maximum Gasteiger partial charge on any atom is 0.119 e. The Balaban J connectivity index is 1.10. The van der Waals surface area contributed by atoms with E-state index in [4.69, 9.17) is 27.9 Å². The van der Waals surface area contributed by atoms with Crippen molar-refractivity contribution in [2.45, 2.75) is 25.0 Å². The molecule has 0 amide bonds. The van der Waals surface area contributed by atoms with E-state index in [1.54, 1.807) is 6.07 Å². The van der Waals surface area contributed by atoms with Crippen LogP contribution >= 0.6 is 23.2 Å². The fourth-order valence-electron chi connectivity index (χ4n) is 5.24. The first-order valence-corrected chi connectivity index (χ1v) is 13.2. The Kier molecular flexibility index (Phi) is 6.73. The van der Waals surface area contributed by atoms with Crippen molar-refractivity contribution in [3.8, 4) is 5.75 Å². The number of hydrogen-bond acceptors (Lipinski definition) is 3. The molecule has 1 N–H and O–H groups in total. The Bertz CT molecular complexity index is 1460. The monoisotopic (exact) mass is 524 g/mol. The highest BCUT2D eigenvalue weighted by Crippen LogP contribution is 2.49. The molecule has 2 aliphatic rings. The van der Waals surface area contributed by atoms with Crippen LogP contribution in [0, 0.1) is 5.92 Å². The number of rotatable bonds is 6. The van der Waals surface area contributed by atoms with Crippen LogP contribution in [0.2, 0.25) is 10.0 Å². The predicted molar refractivity (Wildman–Crippen MR) is 154 cm³/mol. The van der Waals surface area contributed by atoms with Crippen LogP contribution in [0.3, 0.4) is 0 Å². The summed E-state index contributed by atoms with van der Waals surface area (Å²) in [6, 6.07) is 30.8. The normalized spacial score (nSPS) is 19.9. The molecular weight excluding hydrogens is 499 g/mol. The van der Waals surface area contributed by atoms with Crippen LogP contribution in [-0.2, 0) is 6.61 Å². The summed E-state index contributed by atoms with van der Waals surface area (Å²) in [5.41, 5.74) is 6.78. The quantitative estimate of drug-likeness (QED) is 0.201. The number of ether oxygens (including phenoxy) is 1. The van der Waals surface area contributed by atoms with Crippen LogP contribution < -0.4 is 10.1 Å². The summed E-state index contributed by atoms with van der Waals surface area (Å²) < 4.78 is 5.87. The lowest BCUT2D eigenvalue weighted by Gasteiger charge is -2.37. The predicted octanol–water partition coefficient (Wildman–Crippen LogP) is 9.15. The van der Waals surface area contributed by atoms with E-state index in [1.165, 1.54) is 16.8 Å². The third kappa shape index (κ3) is 5.16. The van der Waals surface area contributed by atoms with Gasteiger partial charge in [0.25, 0.3) is 0 Å². The average Bonchev–Trinajstić information content (AvgIpc) is 3.42. The van der Waals surface area contributed by atoms with E-state index in [9.17, 15) is 0 Å². The molecule has 3 atom stereocenters. The second-order valence-corrected chi connectivity index (χ2v) is 10.3. The number of nitrogens with one attached hydrogen (secondary N) is 1. The van der Waals surface area contributed by atoms with Gasteiger partial charge in [-0.1, -0.05) is 71.8 Å². The number of aliphatic imine (C=N–C) groups is 1. The van der Waals surface area contributed by atoms with Crippen molar-refractivity contribution in [1.82, 2.24) is 0 Å². The van der Waals surface area contributed by atoms with Crippen LogP contribution in [0.15, 0.2) is 108 Å². The number of benzene rings is 4. The zero-order valence-electron chi connectivity index (χ0n) is 20.1. The van der Waals surface area contributed by atoms with Gasteiger partial charge in [0, 0.05) is 33.4 Å². The minimum absolute atomic E-state index is 0.295. The first-order valence-electron chi connectivity index (χ1n) is 12.5. The molecule has 4 aromatic rings. The molecule has 0 saturated carbocycles. The molecule has 0 spiro atoms. The van der Waals surface area contributed by atoms with Gasteiger partial charge in [-0.3, -0.25) is 4.99 Å². The molecular formula is C32H26Cl2N2O. The van der Waals surface area contributed by atoms with Gasteiger partial charge < -0.3 is 10.1 Å². The summed E-state index contributed by atoms with van der Waals surface area (Å²) in [7, 11) is 0. The first-order chi connectivity index (χ1) is 18.1. The average molecular weight is 525 g/mol. The van der Waals surface area contributed by atoms with Crippen molar-refractivity contribution in [3.05, 3.63) is 135 Å². The molecule has 1 aliphatic carbocycles. The van der Waals surface area contributed by atoms with Gasteiger partial charge in [-0.2, -0.15) is 0 Å². The van der Waals surface area contributed by atoms with E-state index in [2.05, 4.69) is 71.0 Å². The maximum atomic E-state index is 6.23. The Morgan fingerprint density at radius 1 is 0.919 bits per heavy atom. The van der Waals surface area contributed by atoms with Gasteiger partial charge >= 0.3 is 0 Å². The minimum atomic E-state index is 0.295. The van der Waals surface area contributed by atoms with Crippen molar-refractivity contribution in [2.24, 2.45) is 10.9 Å². The second-order valence-electron chi connectivity index (χ2n) is 9.51. The standard InChI is InChI=1S/C32H26Cl2N2O/c33-24-13-10-23(30(34)18-24)20-37-26-16-8-21(9-17-26)19-35-25-14-11-22(12-15-25)32-29-6-3-5-27(29)28-4-1-2-7-31(28)36-32/h1-5,7-19,27,29,32,36H,6,20H2/t27-,29+,32-/m0/s1. The molecule has 0 unspecified atom stereocenters. The fraction of sp³-hybridized carbons (Fsp3) is 0.156. The molecule has 0 fully saturated rings. The summed E-state index contributed by atoms with van der Waals surface area (Å²) in [6.45, 7) is 0.384. The van der Waals surface area contributed by atoms with Crippen molar-refractivity contribution >= 4 is 40.8 Å². The van der Waals surface area contributed by atoms with E-state index in [0.29, 0.717) is 34.5 Å². The lowest BCUT2D eigenvalue weighted by atomic mass is 9.77. The summed E-state index contributed by atoms with van der Waals surface area (Å²) in [6.07, 6.45) is 7.68. The van der Waals surface area contributed by atoms with Gasteiger partial charge in [-0.05, 0) is 83.6 Å². The van der Waals surface area contributed by atoms with Crippen molar-refractivity contribution < 1.29 is 4.74 Å². The molecule has 0 saturated heterocycles. The Hall–Kier alpha value is -3.53. The Morgan fingerprint density at radius 3 is 2.54 bits per heavy atom. The number of halogens is 2. The van der Waals surface area contributed by atoms with Gasteiger partial charge in [-0.15, -0.1) is 0 Å². The molecule has 3 nitrogen and oxygen atoms in total. The van der Waals surface area contributed by atoms with E-state index < -0.39 is 0 Å². The van der Waals surface area contributed by atoms with Crippen LogP contribution in [0.4, 0.5) is 11.4 Å². The molecule has 6 rings (SSSR count). The highest BCUT2D eigenvalue weighted by Gasteiger charge is 2.37. The summed E-state index contributed by atoms with van der Waals surface area (Å²) in [5, 5.41) is 5.01. The first kappa shape index (κ1) is 23.8. The van der Waals surface area contributed by atoms with Crippen LogP contribution in [0.25, 0.3) is 0 Å². The number of anilines is 1. The molecule has 184 valence electrons. The maximum absolute atomic E-state index is 6.23. The van der Waals surface area contributed by atoms with Crippen LogP contribution in [0.5, 0.6) is 5.75 Å². The Labute approximate surface area is 227 Å². The molecule has 1 heterocycles. The zero-order chi connectivity index (χ0) is 25.2. The molecule has 1 aliphatic heterocycles. The topological polar surface area (TPSA) is 33.6 Å². The highest BCUT2D eigenvalue weighted by molar-refractivity contribution is 6.35. The number of nitrogens with zero attached hydrogens (tertiary/aromatic N) is 1. The molecule has 0 aromatic heterocycles. The minimum Gasteiger partial charge on any atom is -0.489 e. The van der Waals surface area contributed by atoms with E-state index in [0.717, 1.165) is 29.0 Å². The van der Waals surface area contributed by atoms with Gasteiger partial charge in [0.15, 0.2) is 0 Å². The third-order valence-corrected chi connectivity index (χ3v) is 7.76. The van der Waals surface area contributed by atoms with Crippen molar-refractivity contribution in [1.29, 1.82) is 0 Å². The lowest BCUT2D eigenvalue weighted by molar-refractivity contribution is 0.306. The van der Waals surface area contributed by atoms with Gasteiger partial charge in [0.2, 0.25) is 0 Å². The summed E-state index contributed by atoms with van der Waals surface area (Å²) >= 11 is 12.2. The molecule has 5 heteroatoms. The van der Waals surface area contributed by atoms with Gasteiger partial charge in [0.05, 0.1) is 11.7 Å². The molecule has 0 radical (unpaired) electrons. The van der Waals surface area contributed by atoms with E-state index in [-0.39, 0.29) is 0 Å². The van der Waals surface area contributed by atoms with E-state index >= 15 is 0 Å². The molecule has 0 bridgehead atoms. The Morgan fingerprint density at radius 2 is 1.73 bits per heavy atom. The summed E-state index contributed by atoms with van der Waals surface area (Å²) in [4.78, 5) is 4.68. The number of allylic oxidation sites excluding steroid dienone is 2. The summed E-state index contributed by atoms with van der Waals surface area (Å²) in [5.74, 6) is 1.80. The number of fused-ring (bicyclic) bond motifs is 3. The van der Waals surface area contributed by atoms with E-state index in [1.807, 2.05) is 42.6 Å². The number of hydrogen-bond donors (Lipinski definition) is 1. The van der Waals surface area contributed by atoms with Gasteiger partial charge in [0.1, 0.15) is 12.4 Å². The smallest absolute Gasteiger partial charge is 0.119 e. The highest BCUT2D eigenvalue weighted by atomic mass is 35.5. The molecule has 37 heavy (non-hydrogen) atoms. The largest absolute Gasteiger partial charge is 0.489 e. The third-order valence-electron chi connectivity index (χ3n) is 7.18. The van der Waals surface area contributed by atoms with Crippen LogP contribution in [-0.4, -0.2) is 6.21 Å². The lowest BCUT2D eigenvalue weighted by Crippen LogP contribution is -2.28. The fourth-order valence-corrected chi connectivity index (χ4v) is 5.70. The second kappa shape index (κ2) is 10.5. The molecule has 4 aromatic carbocycles. The number of para-hydroxylation sites is 1. The van der Waals surface area contributed by atoms with Crippen molar-refractivity contribution in [2.75, 3.05) is 5.32 Å². The van der Waals surface area contributed by atoms with Gasteiger partial charge in [-0.25, -0.2) is 0 Å². The zero-order valence-corrected chi connectivity index (χ0v) is 21.7.